The van der Waals surface area contributed by atoms with E-state index in [9.17, 15) is 0 Å². The summed E-state index contributed by atoms with van der Waals surface area (Å²) in [4.78, 5) is 4.20. The zero-order chi connectivity index (χ0) is 18.8. The van der Waals surface area contributed by atoms with Gasteiger partial charge in [-0.3, -0.25) is 4.98 Å². The van der Waals surface area contributed by atoms with Gasteiger partial charge in [-0.1, -0.05) is 29.8 Å². The van der Waals surface area contributed by atoms with E-state index >= 15 is 0 Å². The van der Waals surface area contributed by atoms with Crippen LogP contribution in [0.4, 0.5) is 0 Å². The summed E-state index contributed by atoms with van der Waals surface area (Å²) in [5.74, 6) is 2.71. The number of hydrogen-bond donors (Lipinski definition) is 1. The Labute approximate surface area is 158 Å². The molecule has 0 spiro atoms. The number of likely N-dealkylation sites (N-methyl/N-ethyl adjacent to an activating group) is 1. The van der Waals surface area contributed by atoms with Gasteiger partial charge in [0, 0.05) is 6.20 Å². The van der Waals surface area contributed by atoms with Crippen molar-refractivity contribution in [3.8, 4) is 5.75 Å². The van der Waals surface area contributed by atoms with Crippen molar-refractivity contribution >= 4 is 15.9 Å². The fourth-order valence-electron chi connectivity index (χ4n) is 2.18. The third-order valence-corrected chi connectivity index (χ3v) is 3.58. The predicted molar refractivity (Wildman–Crippen MR) is 108 cm³/mol. The second kappa shape index (κ2) is 17.2. The molecule has 0 aromatic carbocycles. The number of hydrogen-bond acceptors (Lipinski definition) is 3. The lowest BCUT2D eigenvalue weighted by Crippen LogP contribution is -2.42. The molecule has 0 aliphatic carbocycles. The van der Waals surface area contributed by atoms with Crippen molar-refractivity contribution in [3.05, 3.63) is 24.0 Å². The van der Waals surface area contributed by atoms with Crippen LogP contribution in [0.15, 0.2) is 18.3 Å². The van der Waals surface area contributed by atoms with Crippen molar-refractivity contribution in [2.24, 2.45) is 0 Å². The highest BCUT2D eigenvalue weighted by Crippen LogP contribution is 2.14. The molecule has 0 saturated carbocycles. The second-order valence-electron chi connectivity index (χ2n) is 5.96. The van der Waals surface area contributed by atoms with Gasteiger partial charge in [0.1, 0.15) is 12.3 Å². The summed E-state index contributed by atoms with van der Waals surface area (Å²) >= 11 is 2.94. The largest absolute Gasteiger partial charge is 0.492 e. The number of quaternary nitrogens is 1. The molecule has 0 aliphatic rings. The molecule has 1 rings (SSSR count). The maximum atomic E-state index is 8.97. The van der Waals surface area contributed by atoms with Gasteiger partial charge in [0.25, 0.3) is 0 Å². The molecule has 1 aromatic heterocycles. The number of pyridine rings is 1. The van der Waals surface area contributed by atoms with Crippen LogP contribution in [0.1, 0.15) is 45.2 Å². The molecule has 0 atom stereocenters. The fourth-order valence-corrected chi connectivity index (χ4v) is 2.18. The third kappa shape index (κ3) is 13.8. The summed E-state index contributed by atoms with van der Waals surface area (Å²) in [6.45, 7) is 8.97. The maximum absolute atomic E-state index is 8.97. The van der Waals surface area contributed by atoms with Crippen LogP contribution in [-0.4, -0.2) is 60.8 Å². The molecule has 0 aliphatic heterocycles. The van der Waals surface area contributed by atoms with Crippen molar-refractivity contribution in [1.29, 1.82) is 0 Å². The number of alkyl halides is 1. The van der Waals surface area contributed by atoms with Crippen LogP contribution >= 0.6 is 15.9 Å². The summed E-state index contributed by atoms with van der Waals surface area (Å²) in [5.41, 5.74) is 0.954. The standard InChI is InChI=1S/C16H29N2O2.C2H6.CH3Br/c1-15-16(9-8-10-17-15)20-14-7-5-4-6-11-18(2,3)12-13-19;2*1-2/h8-10,19H,4-7,11-14H2,1-3H3;1-2H3;1H3/q+1;;. The number of aryl methyl sites for hydroxylation is 1. The predicted octanol–water partition coefficient (Wildman–Crippen LogP) is 4.44. The van der Waals surface area contributed by atoms with Crippen LogP contribution in [-0.2, 0) is 0 Å². The van der Waals surface area contributed by atoms with Crippen LogP contribution < -0.4 is 4.74 Å². The number of unbranched alkanes of at least 4 members (excludes halogenated alkanes) is 3. The number of ether oxygens (including phenoxy) is 1. The van der Waals surface area contributed by atoms with Crippen molar-refractivity contribution in [2.45, 2.75) is 46.5 Å². The zero-order valence-corrected chi connectivity index (χ0v) is 18.1. The molecule has 0 radical (unpaired) electrons. The summed E-state index contributed by atoms with van der Waals surface area (Å²) < 4.78 is 6.63. The Morgan fingerprint density at radius 1 is 1.08 bits per heavy atom. The minimum absolute atomic E-state index is 0.269. The van der Waals surface area contributed by atoms with E-state index in [2.05, 4.69) is 35.0 Å². The van der Waals surface area contributed by atoms with Gasteiger partial charge >= 0.3 is 0 Å². The van der Waals surface area contributed by atoms with E-state index in [1.54, 1.807) is 6.20 Å². The van der Waals surface area contributed by atoms with Crippen LogP contribution in [0.2, 0.25) is 0 Å². The molecule has 1 N–H and O–H groups in total. The molecule has 142 valence electrons. The molecule has 0 bridgehead atoms. The molecule has 1 heterocycles. The number of aliphatic hydroxyl groups excluding tert-OH is 1. The van der Waals surface area contributed by atoms with Gasteiger partial charge in [0.15, 0.2) is 0 Å². The second-order valence-corrected chi connectivity index (χ2v) is 5.96. The van der Waals surface area contributed by atoms with Crippen LogP contribution in [0.5, 0.6) is 5.75 Å². The van der Waals surface area contributed by atoms with Gasteiger partial charge in [-0.15, -0.1) is 0 Å². The highest BCUT2D eigenvalue weighted by Gasteiger charge is 2.12. The van der Waals surface area contributed by atoms with Crippen LogP contribution in [0.3, 0.4) is 0 Å². The lowest BCUT2D eigenvalue weighted by atomic mass is 10.2. The van der Waals surface area contributed by atoms with Crippen molar-refractivity contribution in [3.63, 3.8) is 0 Å². The van der Waals surface area contributed by atoms with E-state index in [-0.39, 0.29) is 6.61 Å². The number of halogens is 1. The zero-order valence-electron chi connectivity index (χ0n) is 16.5. The molecule has 1 aromatic rings. The van der Waals surface area contributed by atoms with Gasteiger partial charge in [-0.05, 0) is 50.6 Å². The Hall–Kier alpha value is -0.650. The van der Waals surface area contributed by atoms with Gasteiger partial charge < -0.3 is 14.3 Å². The van der Waals surface area contributed by atoms with Crippen molar-refractivity contribution in [2.75, 3.05) is 46.2 Å². The first-order chi connectivity index (χ1) is 11.5. The smallest absolute Gasteiger partial charge is 0.140 e. The van der Waals surface area contributed by atoms with Crippen LogP contribution in [0, 0.1) is 6.92 Å². The highest BCUT2D eigenvalue weighted by molar-refractivity contribution is 9.08. The highest BCUT2D eigenvalue weighted by atomic mass is 79.9. The molecule has 4 nitrogen and oxygen atoms in total. The Morgan fingerprint density at radius 2 is 1.71 bits per heavy atom. The first kappa shape index (κ1) is 25.6. The lowest BCUT2D eigenvalue weighted by Gasteiger charge is -2.28. The number of nitrogens with zero attached hydrogens (tertiary/aromatic N) is 2. The normalized spacial score (nSPS) is 10.2. The van der Waals surface area contributed by atoms with Crippen molar-refractivity contribution < 1.29 is 14.3 Å². The molecule has 0 saturated heterocycles. The molecular weight excluding hydrogens is 368 g/mol. The minimum Gasteiger partial charge on any atom is -0.492 e. The van der Waals surface area contributed by atoms with E-state index in [1.165, 1.54) is 19.3 Å². The molecule has 0 fully saturated rings. The SMILES string of the molecule is CBr.CC.Cc1ncccc1OCCCCCC[N+](C)(C)CCO. The van der Waals surface area contributed by atoms with E-state index in [4.69, 9.17) is 9.84 Å². The van der Waals surface area contributed by atoms with Gasteiger partial charge in [0.05, 0.1) is 39.5 Å². The quantitative estimate of drug-likeness (QED) is 0.355. The summed E-state index contributed by atoms with van der Waals surface area (Å²) in [6, 6.07) is 3.88. The first-order valence-electron chi connectivity index (χ1n) is 8.90. The molecule has 0 amide bonds. The average Bonchev–Trinajstić information content (AvgIpc) is 2.59. The third-order valence-electron chi connectivity index (χ3n) is 3.58. The van der Waals surface area contributed by atoms with E-state index < -0.39 is 0 Å². The first-order valence-corrected chi connectivity index (χ1v) is 10.5. The van der Waals surface area contributed by atoms with Crippen molar-refractivity contribution in [1.82, 2.24) is 4.98 Å². The summed E-state index contributed by atoms with van der Waals surface area (Å²) in [5, 5.41) is 8.97. The number of aliphatic hydroxyl groups is 1. The van der Waals surface area contributed by atoms with E-state index in [0.717, 1.165) is 42.0 Å². The summed E-state index contributed by atoms with van der Waals surface area (Å²) in [7, 11) is 4.34. The monoisotopic (exact) mass is 405 g/mol. The number of rotatable bonds is 10. The van der Waals surface area contributed by atoms with Gasteiger partial charge in [-0.2, -0.15) is 0 Å². The van der Waals surface area contributed by atoms with E-state index in [1.807, 2.05) is 38.7 Å². The Morgan fingerprint density at radius 3 is 2.29 bits per heavy atom. The molecular formula is C19H38BrN2O2+. The molecule has 0 unspecified atom stereocenters. The number of aromatic nitrogens is 1. The summed E-state index contributed by atoms with van der Waals surface area (Å²) in [6.07, 6.45) is 6.50. The Bertz CT molecular complexity index is 387. The topological polar surface area (TPSA) is 42.4 Å². The Balaban J connectivity index is 0. The minimum atomic E-state index is 0.269. The Kier molecular flexibility index (Phi) is 18.3. The van der Waals surface area contributed by atoms with E-state index in [0.29, 0.717) is 0 Å². The lowest BCUT2D eigenvalue weighted by molar-refractivity contribution is -0.890. The van der Waals surface area contributed by atoms with Gasteiger partial charge in [0.2, 0.25) is 0 Å². The van der Waals surface area contributed by atoms with Gasteiger partial charge in [-0.25, -0.2) is 0 Å². The fraction of sp³-hybridized carbons (Fsp3) is 0.737. The van der Waals surface area contributed by atoms with Crippen LogP contribution in [0.25, 0.3) is 0 Å². The molecule has 5 heteroatoms. The average molecular weight is 406 g/mol. The molecule has 24 heavy (non-hydrogen) atoms. The maximum Gasteiger partial charge on any atom is 0.140 e.